The maximum Gasteiger partial charge on any atom is 0.146 e. The summed E-state index contributed by atoms with van der Waals surface area (Å²) in [5.41, 5.74) is 7.43. The fourth-order valence-corrected chi connectivity index (χ4v) is 2.14. The number of halogens is 1. The standard InChI is InChI=1S/C16H27FN2O2/c1-4-14(18)11-13-5-6-16(15(17)12-13)19(7-9-20-2)8-10-21-3/h5-6,12,14H,4,7-11,18H2,1-3H3. The van der Waals surface area contributed by atoms with Crippen LogP contribution in [0.2, 0.25) is 0 Å². The van der Waals surface area contributed by atoms with Crippen molar-refractivity contribution in [3.8, 4) is 0 Å². The van der Waals surface area contributed by atoms with E-state index in [1.807, 2.05) is 24.0 Å². The molecular formula is C16H27FN2O2. The molecule has 0 heterocycles. The number of benzene rings is 1. The van der Waals surface area contributed by atoms with Crippen LogP contribution < -0.4 is 10.6 Å². The Morgan fingerprint density at radius 1 is 1.19 bits per heavy atom. The van der Waals surface area contributed by atoms with Gasteiger partial charge in [-0.3, -0.25) is 0 Å². The van der Waals surface area contributed by atoms with E-state index in [9.17, 15) is 4.39 Å². The van der Waals surface area contributed by atoms with Crippen LogP contribution in [0.5, 0.6) is 0 Å². The zero-order valence-electron chi connectivity index (χ0n) is 13.3. The van der Waals surface area contributed by atoms with E-state index >= 15 is 0 Å². The van der Waals surface area contributed by atoms with E-state index in [4.69, 9.17) is 15.2 Å². The number of hydrogen-bond donors (Lipinski definition) is 1. The lowest BCUT2D eigenvalue weighted by atomic mass is 10.0. The molecule has 0 bridgehead atoms. The first kappa shape index (κ1) is 17.9. The lowest BCUT2D eigenvalue weighted by Gasteiger charge is -2.25. The molecule has 0 radical (unpaired) electrons. The van der Waals surface area contributed by atoms with Gasteiger partial charge in [-0.15, -0.1) is 0 Å². The highest BCUT2D eigenvalue weighted by atomic mass is 19.1. The molecule has 0 saturated heterocycles. The fourth-order valence-electron chi connectivity index (χ4n) is 2.14. The van der Waals surface area contributed by atoms with Gasteiger partial charge in [0.2, 0.25) is 0 Å². The van der Waals surface area contributed by atoms with Crippen LogP contribution in [-0.2, 0) is 15.9 Å². The van der Waals surface area contributed by atoms with Crippen molar-refractivity contribution in [2.45, 2.75) is 25.8 Å². The van der Waals surface area contributed by atoms with Crippen molar-refractivity contribution in [3.05, 3.63) is 29.6 Å². The zero-order valence-corrected chi connectivity index (χ0v) is 13.3. The Kier molecular flexibility index (Phi) is 8.27. The molecule has 120 valence electrons. The van der Waals surface area contributed by atoms with Crippen molar-refractivity contribution in [1.82, 2.24) is 0 Å². The van der Waals surface area contributed by atoms with E-state index in [0.29, 0.717) is 38.4 Å². The molecule has 1 unspecified atom stereocenters. The molecule has 1 aromatic rings. The Morgan fingerprint density at radius 2 is 1.81 bits per heavy atom. The van der Waals surface area contributed by atoms with Gasteiger partial charge in [-0.05, 0) is 30.5 Å². The van der Waals surface area contributed by atoms with Gasteiger partial charge in [0.15, 0.2) is 0 Å². The highest BCUT2D eigenvalue weighted by Gasteiger charge is 2.13. The third-order valence-corrected chi connectivity index (χ3v) is 3.51. The minimum atomic E-state index is -0.219. The van der Waals surface area contributed by atoms with Gasteiger partial charge in [0.25, 0.3) is 0 Å². The van der Waals surface area contributed by atoms with Crippen LogP contribution in [0.4, 0.5) is 10.1 Å². The predicted octanol–water partition coefficient (Wildman–Crippen LogP) is 2.20. The lowest BCUT2D eigenvalue weighted by molar-refractivity contribution is 0.190. The van der Waals surface area contributed by atoms with Gasteiger partial charge in [0.1, 0.15) is 5.82 Å². The number of rotatable bonds is 10. The summed E-state index contributed by atoms with van der Waals surface area (Å²) in [6, 6.07) is 5.42. The average Bonchev–Trinajstić information content (AvgIpc) is 2.48. The van der Waals surface area contributed by atoms with Crippen LogP contribution in [0, 0.1) is 5.82 Å². The van der Waals surface area contributed by atoms with Crippen molar-refractivity contribution in [2.24, 2.45) is 5.73 Å². The van der Waals surface area contributed by atoms with Gasteiger partial charge in [-0.25, -0.2) is 4.39 Å². The van der Waals surface area contributed by atoms with Gasteiger partial charge in [0.05, 0.1) is 18.9 Å². The molecule has 1 aromatic carbocycles. The fraction of sp³-hybridized carbons (Fsp3) is 0.625. The van der Waals surface area contributed by atoms with E-state index in [0.717, 1.165) is 12.0 Å². The van der Waals surface area contributed by atoms with Crippen LogP contribution >= 0.6 is 0 Å². The number of anilines is 1. The molecular weight excluding hydrogens is 271 g/mol. The minimum Gasteiger partial charge on any atom is -0.383 e. The summed E-state index contributed by atoms with van der Waals surface area (Å²) in [5.74, 6) is -0.219. The van der Waals surface area contributed by atoms with E-state index in [-0.39, 0.29) is 11.9 Å². The van der Waals surface area contributed by atoms with Gasteiger partial charge in [-0.2, -0.15) is 0 Å². The van der Waals surface area contributed by atoms with Crippen molar-refractivity contribution >= 4 is 5.69 Å². The van der Waals surface area contributed by atoms with Crippen LogP contribution in [0.3, 0.4) is 0 Å². The average molecular weight is 298 g/mol. The predicted molar refractivity (Wildman–Crippen MR) is 84.3 cm³/mol. The van der Waals surface area contributed by atoms with Crippen LogP contribution in [-0.4, -0.2) is 46.6 Å². The molecule has 21 heavy (non-hydrogen) atoms. The molecule has 0 spiro atoms. The van der Waals surface area contributed by atoms with Gasteiger partial charge in [0, 0.05) is 33.4 Å². The summed E-state index contributed by atoms with van der Waals surface area (Å²) in [4.78, 5) is 1.94. The second-order valence-corrected chi connectivity index (χ2v) is 5.13. The first-order chi connectivity index (χ1) is 10.1. The highest BCUT2D eigenvalue weighted by Crippen LogP contribution is 2.21. The molecule has 0 amide bonds. The van der Waals surface area contributed by atoms with E-state index in [1.54, 1.807) is 20.3 Å². The largest absolute Gasteiger partial charge is 0.383 e. The SMILES string of the molecule is CCC(N)Cc1ccc(N(CCOC)CCOC)c(F)c1. The summed E-state index contributed by atoms with van der Waals surface area (Å²) in [6.45, 7) is 4.39. The molecule has 4 nitrogen and oxygen atoms in total. The maximum atomic E-state index is 14.3. The summed E-state index contributed by atoms with van der Waals surface area (Å²) in [5, 5.41) is 0. The summed E-state index contributed by atoms with van der Waals surface area (Å²) >= 11 is 0. The highest BCUT2D eigenvalue weighted by molar-refractivity contribution is 5.49. The Labute approximate surface area is 127 Å². The molecule has 0 aliphatic heterocycles. The number of hydrogen-bond acceptors (Lipinski definition) is 4. The van der Waals surface area contributed by atoms with Crippen molar-refractivity contribution in [2.75, 3.05) is 45.4 Å². The molecule has 0 saturated carbocycles. The molecule has 0 aliphatic rings. The first-order valence-corrected chi connectivity index (χ1v) is 7.39. The van der Waals surface area contributed by atoms with Gasteiger partial charge < -0.3 is 20.1 Å². The third-order valence-electron chi connectivity index (χ3n) is 3.51. The number of nitrogens with zero attached hydrogens (tertiary/aromatic N) is 1. The van der Waals surface area contributed by atoms with E-state index in [1.165, 1.54) is 0 Å². The second-order valence-electron chi connectivity index (χ2n) is 5.13. The lowest BCUT2D eigenvalue weighted by Crippen LogP contribution is -2.31. The molecule has 0 aliphatic carbocycles. The van der Waals surface area contributed by atoms with E-state index in [2.05, 4.69) is 0 Å². The second kappa shape index (κ2) is 9.71. The Morgan fingerprint density at radius 3 is 2.29 bits per heavy atom. The first-order valence-electron chi connectivity index (χ1n) is 7.39. The number of methoxy groups -OCH3 is 2. The van der Waals surface area contributed by atoms with Crippen molar-refractivity contribution in [1.29, 1.82) is 0 Å². The molecule has 5 heteroatoms. The number of ether oxygens (including phenoxy) is 2. The topological polar surface area (TPSA) is 47.7 Å². The van der Waals surface area contributed by atoms with E-state index < -0.39 is 0 Å². The summed E-state index contributed by atoms with van der Waals surface area (Å²) < 4.78 is 24.5. The maximum absolute atomic E-state index is 14.3. The van der Waals surface area contributed by atoms with Gasteiger partial charge in [-0.1, -0.05) is 13.0 Å². The smallest absolute Gasteiger partial charge is 0.146 e. The van der Waals surface area contributed by atoms with Crippen LogP contribution in [0.1, 0.15) is 18.9 Å². The quantitative estimate of drug-likeness (QED) is 0.719. The summed E-state index contributed by atoms with van der Waals surface area (Å²) in [7, 11) is 3.28. The molecule has 0 aromatic heterocycles. The monoisotopic (exact) mass is 298 g/mol. The molecule has 1 rings (SSSR count). The summed E-state index contributed by atoms with van der Waals surface area (Å²) in [6.07, 6.45) is 1.58. The van der Waals surface area contributed by atoms with Crippen molar-refractivity contribution in [3.63, 3.8) is 0 Å². The Balaban J connectivity index is 2.82. The van der Waals surface area contributed by atoms with Crippen LogP contribution in [0.25, 0.3) is 0 Å². The van der Waals surface area contributed by atoms with Gasteiger partial charge >= 0.3 is 0 Å². The minimum absolute atomic E-state index is 0.0772. The molecule has 2 N–H and O–H groups in total. The molecule has 0 fully saturated rings. The Hall–Kier alpha value is -1.17. The van der Waals surface area contributed by atoms with Crippen molar-refractivity contribution < 1.29 is 13.9 Å². The molecule has 1 atom stereocenters. The normalized spacial score (nSPS) is 12.4. The zero-order chi connectivity index (χ0) is 15.7. The van der Waals surface area contributed by atoms with Crippen LogP contribution in [0.15, 0.2) is 18.2 Å². The third kappa shape index (κ3) is 5.99. The Bertz CT molecular complexity index is 407. The number of nitrogens with two attached hydrogens (primary N) is 1.